The summed E-state index contributed by atoms with van der Waals surface area (Å²) in [6.07, 6.45) is 3.44. The van der Waals surface area contributed by atoms with Gasteiger partial charge in [0.05, 0.1) is 6.33 Å². The monoisotopic (exact) mass is 229 g/mol. The number of carbonyl (C=O) groups excluding carboxylic acids is 1. The molecule has 0 spiro atoms. The van der Waals surface area contributed by atoms with Crippen LogP contribution in [-0.4, -0.2) is 33.4 Å². The topological polar surface area (TPSA) is 85.7 Å². The molecule has 86 valence electrons. The van der Waals surface area contributed by atoms with Gasteiger partial charge in [-0.05, 0) is 12.8 Å². The van der Waals surface area contributed by atoms with Crippen molar-refractivity contribution in [2.24, 2.45) is 0 Å². The van der Waals surface area contributed by atoms with Gasteiger partial charge in [0.25, 0.3) is 0 Å². The summed E-state index contributed by atoms with van der Waals surface area (Å²) in [4.78, 5) is 17.3. The average Bonchev–Trinajstić information content (AvgIpc) is 3.10. The number of rotatable bonds is 3. The standard InChI is InChI=1S/C11H11N5O/c1-15(8-2-3-8)11(17)6-16-7-14-9(4-12)10(16)5-13/h7-8H,2-3,6H2,1H3. The third-order valence-corrected chi connectivity index (χ3v) is 2.84. The van der Waals surface area contributed by atoms with Crippen molar-refractivity contribution in [2.75, 3.05) is 7.05 Å². The number of aromatic nitrogens is 2. The second-order valence-electron chi connectivity index (χ2n) is 4.03. The Hall–Kier alpha value is -2.34. The van der Waals surface area contributed by atoms with Crippen molar-refractivity contribution in [2.45, 2.75) is 25.4 Å². The number of likely N-dealkylation sites (N-methyl/N-ethyl adjacent to an activating group) is 1. The minimum atomic E-state index is -0.0640. The maximum atomic E-state index is 11.8. The van der Waals surface area contributed by atoms with Gasteiger partial charge in [0.1, 0.15) is 18.7 Å². The SMILES string of the molecule is CN(C(=O)Cn1cnc(C#N)c1C#N)C1CC1. The number of imidazole rings is 1. The first kappa shape index (κ1) is 11.2. The van der Waals surface area contributed by atoms with Gasteiger partial charge in [0, 0.05) is 13.1 Å². The molecule has 1 amide bonds. The molecule has 1 aromatic heterocycles. The Morgan fingerprint density at radius 2 is 2.29 bits per heavy atom. The van der Waals surface area contributed by atoms with Crippen molar-refractivity contribution in [3.8, 4) is 12.1 Å². The molecule has 1 aliphatic carbocycles. The molecule has 0 bridgehead atoms. The van der Waals surface area contributed by atoms with E-state index in [4.69, 9.17) is 10.5 Å². The molecule has 0 aromatic carbocycles. The van der Waals surface area contributed by atoms with Crippen molar-refractivity contribution in [1.82, 2.24) is 14.5 Å². The van der Waals surface area contributed by atoms with Crippen LogP contribution < -0.4 is 0 Å². The lowest BCUT2D eigenvalue weighted by atomic mass is 10.3. The van der Waals surface area contributed by atoms with Gasteiger partial charge in [-0.3, -0.25) is 4.79 Å². The number of nitriles is 2. The predicted octanol–water partition coefficient (Wildman–Crippen LogP) is 0.247. The van der Waals surface area contributed by atoms with E-state index in [0.29, 0.717) is 6.04 Å². The zero-order valence-corrected chi connectivity index (χ0v) is 9.42. The van der Waals surface area contributed by atoms with E-state index in [-0.39, 0.29) is 23.8 Å². The van der Waals surface area contributed by atoms with Gasteiger partial charge < -0.3 is 9.47 Å². The molecular weight excluding hydrogens is 218 g/mol. The molecule has 1 fully saturated rings. The third-order valence-electron chi connectivity index (χ3n) is 2.84. The summed E-state index contributed by atoms with van der Waals surface area (Å²) < 4.78 is 1.42. The van der Waals surface area contributed by atoms with Crippen molar-refractivity contribution in [3.05, 3.63) is 17.7 Å². The van der Waals surface area contributed by atoms with Crippen LogP contribution in [0.2, 0.25) is 0 Å². The minimum absolute atomic E-state index is 0.0601. The molecule has 0 N–H and O–H groups in total. The molecule has 0 radical (unpaired) electrons. The molecule has 17 heavy (non-hydrogen) atoms. The van der Waals surface area contributed by atoms with Crippen molar-refractivity contribution in [1.29, 1.82) is 10.5 Å². The van der Waals surface area contributed by atoms with E-state index < -0.39 is 0 Å². The molecule has 1 aliphatic rings. The normalized spacial score (nSPS) is 13.8. The molecule has 1 heterocycles. The first-order valence-corrected chi connectivity index (χ1v) is 5.28. The lowest BCUT2D eigenvalue weighted by Gasteiger charge is -2.16. The minimum Gasteiger partial charge on any atom is -0.341 e. The smallest absolute Gasteiger partial charge is 0.242 e. The fraction of sp³-hybridized carbons (Fsp3) is 0.455. The quantitative estimate of drug-likeness (QED) is 0.743. The molecule has 6 heteroatoms. The van der Waals surface area contributed by atoms with E-state index in [2.05, 4.69) is 4.98 Å². The summed E-state index contributed by atoms with van der Waals surface area (Å²) in [6.45, 7) is 0.0601. The molecule has 1 aromatic rings. The van der Waals surface area contributed by atoms with Crippen LogP contribution >= 0.6 is 0 Å². The molecular formula is C11H11N5O. The fourth-order valence-corrected chi connectivity index (χ4v) is 1.62. The lowest BCUT2D eigenvalue weighted by molar-refractivity contribution is -0.131. The largest absolute Gasteiger partial charge is 0.341 e. The van der Waals surface area contributed by atoms with Gasteiger partial charge in [0.2, 0.25) is 5.91 Å². The third kappa shape index (κ3) is 2.11. The molecule has 1 saturated carbocycles. The highest BCUT2D eigenvalue weighted by Gasteiger charge is 2.29. The Labute approximate surface area is 98.7 Å². The van der Waals surface area contributed by atoms with Crippen LogP contribution in [0.4, 0.5) is 0 Å². The molecule has 2 rings (SSSR count). The molecule has 0 aliphatic heterocycles. The van der Waals surface area contributed by atoms with Crippen LogP contribution in [-0.2, 0) is 11.3 Å². The summed E-state index contributed by atoms with van der Waals surface area (Å²) in [5.74, 6) is -0.0640. The fourth-order valence-electron chi connectivity index (χ4n) is 1.62. The van der Waals surface area contributed by atoms with E-state index in [9.17, 15) is 4.79 Å². The number of nitrogens with zero attached hydrogens (tertiary/aromatic N) is 5. The van der Waals surface area contributed by atoms with Crippen LogP contribution in [0.3, 0.4) is 0 Å². The van der Waals surface area contributed by atoms with E-state index in [1.807, 2.05) is 12.1 Å². The lowest BCUT2D eigenvalue weighted by Crippen LogP contribution is -2.32. The van der Waals surface area contributed by atoms with Crippen LogP contribution in [0.5, 0.6) is 0 Å². The Kier molecular flexibility index (Phi) is 2.80. The Bertz CT molecular complexity index is 529. The van der Waals surface area contributed by atoms with E-state index in [1.54, 1.807) is 11.9 Å². The van der Waals surface area contributed by atoms with Crippen molar-refractivity contribution < 1.29 is 4.79 Å². The first-order chi connectivity index (χ1) is 8.17. The van der Waals surface area contributed by atoms with Gasteiger partial charge >= 0.3 is 0 Å². The van der Waals surface area contributed by atoms with E-state index in [1.165, 1.54) is 10.9 Å². The zero-order valence-electron chi connectivity index (χ0n) is 9.42. The highest BCUT2D eigenvalue weighted by Crippen LogP contribution is 2.25. The van der Waals surface area contributed by atoms with Crippen LogP contribution in [0.15, 0.2) is 6.33 Å². The highest BCUT2D eigenvalue weighted by molar-refractivity contribution is 5.76. The number of hydrogen-bond donors (Lipinski definition) is 0. The van der Waals surface area contributed by atoms with Crippen LogP contribution in [0, 0.1) is 22.7 Å². The number of carbonyl (C=O) groups is 1. The Morgan fingerprint density at radius 1 is 1.59 bits per heavy atom. The first-order valence-electron chi connectivity index (χ1n) is 5.28. The maximum absolute atomic E-state index is 11.8. The van der Waals surface area contributed by atoms with Gasteiger partial charge in [-0.1, -0.05) is 0 Å². The summed E-state index contributed by atoms with van der Waals surface area (Å²) in [5, 5.41) is 17.6. The Balaban J connectivity index is 2.14. The molecule has 6 nitrogen and oxygen atoms in total. The zero-order chi connectivity index (χ0) is 12.4. The number of amides is 1. The van der Waals surface area contributed by atoms with Crippen molar-refractivity contribution in [3.63, 3.8) is 0 Å². The summed E-state index contributed by atoms with van der Waals surface area (Å²) in [5.41, 5.74) is 0.208. The predicted molar refractivity (Wildman–Crippen MR) is 57.4 cm³/mol. The maximum Gasteiger partial charge on any atom is 0.242 e. The van der Waals surface area contributed by atoms with E-state index >= 15 is 0 Å². The highest BCUT2D eigenvalue weighted by atomic mass is 16.2. The molecule has 0 unspecified atom stereocenters. The summed E-state index contributed by atoms with van der Waals surface area (Å²) in [7, 11) is 1.76. The Morgan fingerprint density at radius 3 is 2.82 bits per heavy atom. The van der Waals surface area contributed by atoms with Crippen molar-refractivity contribution >= 4 is 5.91 Å². The van der Waals surface area contributed by atoms with Gasteiger partial charge in [0.15, 0.2) is 11.4 Å². The second kappa shape index (κ2) is 4.26. The van der Waals surface area contributed by atoms with Gasteiger partial charge in [-0.25, -0.2) is 4.98 Å². The molecule has 0 saturated heterocycles. The van der Waals surface area contributed by atoms with Crippen LogP contribution in [0.1, 0.15) is 24.2 Å². The van der Waals surface area contributed by atoms with Crippen LogP contribution in [0.25, 0.3) is 0 Å². The second-order valence-corrected chi connectivity index (χ2v) is 4.03. The summed E-state index contributed by atoms with van der Waals surface area (Å²) >= 11 is 0. The average molecular weight is 229 g/mol. The number of hydrogen-bond acceptors (Lipinski definition) is 4. The summed E-state index contributed by atoms with van der Waals surface area (Å²) in [6, 6.07) is 4.06. The van der Waals surface area contributed by atoms with Gasteiger partial charge in [-0.15, -0.1) is 0 Å². The molecule has 0 atom stereocenters. The van der Waals surface area contributed by atoms with E-state index in [0.717, 1.165) is 12.8 Å². The van der Waals surface area contributed by atoms with Gasteiger partial charge in [-0.2, -0.15) is 10.5 Å².